The molecule has 0 fully saturated rings. The van der Waals surface area contributed by atoms with Gasteiger partial charge in [-0.25, -0.2) is 0 Å². The number of ether oxygens (including phenoxy) is 2. The molecule has 2 aromatic carbocycles. The molecule has 0 saturated carbocycles. The smallest absolute Gasteiger partial charge is 0.230 e. The predicted molar refractivity (Wildman–Crippen MR) is 100 cm³/mol. The van der Waals surface area contributed by atoms with E-state index in [-0.39, 0.29) is 17.9 Å². The summed E-state index contributed by atoms with van der Waals surface area (Å²) in [5.41, 5.74) is 1.04. The highest BCUT2D eigenvalue weighted by atomic mass is 32.2. The zero-order chi connectivity index (χ0) is 17.6. The number of hydrogen-bond donors (Lipinski definition) is 1. The number of fused-ring (bicyclic) bond motifs is 1. The van der Waals surface area contributed by atoms with E-state index in [9.17, 15) is 4.79 Å². The van der Waals surface area contributed by atoms with Crippen LogP contribution in [0.15, 0.2) is 53.4 Å². The molecule has 1 aliphatic heterocycles. The van der Waals surface area contributed by atoms with Crippen molar-refractivity contribution in [1.82, 2.24) is 5.32 Å². The van der Waals surface area contributed by atoms with Crippen LogP contribution in [0.3, 0.4) is 0 Å². The largest absolute Gasteiger partial charge is 0.486 e. The average molecular weight is 357 g/mol. The van der Waals surface area contributed by atoms with E-state index >= 15 is 0 Å². The number of benzene rings is 2. The van der Waals surface area contributed by atoms with E-state index in [0.717, 1.165) is 22.0 Å². The number of carbonyl (C=O) groups excluding carboxylic acids is 1. The number of hydrogen-bond acceptors (Lipinski definition) is 4. The highest BCUT2D eigenvalue weighted by molar-refractivity contribution is 8.00. The fraction of sp³-hybridized carbons (Fsp3) is 0.350. The van der Waals surface area contributed by atoms with E-state index in [1.54, 1.807) is 11.8 Å². The Bertz CT molecular complexity index is 718. The molecule has 0 spiro atoms. The maximum absolute atomic E-state index is 12.4. The molecule has 0 radical (unpaired) electrons. The summed E-state index contributed by atoms with van der Waals surface area (Å²) in [7, 11) is 0. The number of nitrogens with one attached hydrogen (secondary N) is 1. The van der Waals surface area contributed by atoms with Crippen LogP contribution in [0.5, 0.6) is 11.5 Å². The maximum Gasteiger partial charge on any atom is 0.230 e. The zero-order valence-electron chi connectivity index (χ0n) is 14.5. The first-order chi connectivity index (χ1) is 12.1. The Hall–Kier alpha value is -2.14. The average Bonchev–Trinajstić information content (AvgIpc) is 2.64. The van der Waals surface area contributed by atoms with E-state index in [4.69, 9.17) is 9.47 Å². The Morgan fingerprint density at radius 2 is 1.80 bits per heavy atom. The summed E-state index contributed by atoms with van der Waals surface area (Å²) in [6.07, 6.45) is 0. The van der Waals surface area contributed by atoms with Crippen LogP contribution in [-0.2, 0) is 4.79 Å². The summed E-state index contributed by atoms with van der Waals surface area (Å²) in [6.45, 7) is 5.34. The lowest BCUT2D eigenvalue weighted by Crippen LogP contribution is -2.33. The van der Waals surface area contributed by atoms with Crippen molar-refractivity contribution in [2.75, 3.05) is 19.0 Å². The third kappa shape index (κ3) is 4.69. The van der Waals surface area contributed by atoms with Gasteiger partial charge in [0, 0.05) is 4.90 Å². The van der Waals surface area contributed by atoms with Crippen LogP contribution in [0.1, 0.15) is 25.5 Å². The standard InChI is InChI=1S/C20H23NO3S/c1-14(2)20(15-8-9-17-18(12-15)24-11-10-23-17)21-19(22)13-25-16-6-4-3-5-7-16/h3-9,12,14,20H,10-11,13H2,1-2H3,(H,21,22)/t20-/m0/s1. The van der Waals surface area contributed by atoms with Crippen molar-refractivity contribution in [3.8, 4) is 11.5 Å². The van der Waals surface area contributed by atoms with Crippen molar-refractivity contribution in [2.24, 2.45) is 5.92 Å². The number of rotatable bonds is 6. The van der Waals surface area contributed by atoms with Crippen LogP contribution in [0, 0.1) is 5.92 Å². The molecular weight excluding hydrogens is 334 g/mol. The van der Waals surface area contributed by atoms with E-state index in [1.807, 2.05) is 48.5 Å². The highest BCUT2D eigenvalue weighted by Gasteiger charge is 2.21. The van der Waals surface area contributed by atoms with E-state index in [2.05, 4.69) is 19.2 Å². The minimum absolute atomic E-state index is 0.0300. The first-order valence-corrected chi connectivity index (χ1v) is 9.49. The van der Waals surface area contributed by atoms with Gasteiger partial charge in [0.1, 0.15) is 13.2 Å². The van der Waals surface area contributed by atoms with Gasteiger partial charge in [-0.3, -0.25) is 4.79 Å². The Morgan fingerprint density at radius 1 is 1.08 bits per heavy atom. The third-order valence-corrected chi connectivity index (χ3v) is 5.03. The van der Waals surface area contributed by atoms with Crippen LogP contribution >= 0.6 is 11.8 Å². The minimum Gasteiger partial charge on any atom is -0.486 e. The van der Waals surface area contributed by atoms with E-state index in [0.29, 0.717) is 19.0 Å². The predicted octanol–water partition coefficient (Wildman–Crippen LogP) is 4.06. The molecule has 0 saturated heterocycles. The van der Waals surface area contributed by atoms with Crippen molar-refractivity contribution in [2.45, 2.75) is 24.8 Å². The van der Waals surface area contributed by atoms with Crippen molar-refractivity contribution >= 4 is 17.7 Å². The van der Waals surface area contributed by atoms with Gasteiger partial charge in [0.05, 0.1) is 11.8 Å². The molecule has 0 unspecified atom stereocenters. The Morgan fingerprint density at radius 3 is 2.52 bits per heavy atom. The molecule has 0 aromatic heterocycles. The molecule has 0 aliphatic carbocycles. The summed E-state index contributed by atoms with van der Waals surface area (Å²) in [4.78, 5) is 13.5. The van der Waals surface area contributed by atoms with Crippen molar-refractivity contribution in [3.05, 3.63) is 54.1 Å². The molecule has 132 valence electrons. The second-order valence-electron chi connectivity index (χ2n) is 6.29. The van der Waals surface area contributed by atoms with Crippen LogP contribution in [0.2, 0.25) is 0 Å². The normalized spacial score (nSPS) is 14.2. The quantitative estimate of drug-likeness (QED) is 0.792. The van der Waals surface area contributed by atoms with E-state index in [1.165, 1.54) is 0 Å². The Balaban J connectivity index is 1.65. The van der Waals surface area contributed by atoms with Crippen LogP contribution in [-0.4, -0.2) is 24.9 Å². The van der Waals surface area contributed by atoms with Crippen molar-refractivity contribution in [1.29, 1.82) is 0 Å². The Kier molecular flexibility index (Phi) is 5.87. The summed E-state index contributed by atoms with van der Waals surface area (Å²) in [5, 5.41) is 3.15. The molecule has 1 N–H and O–H groups in total. The molecule has 1 heterocycles. The molecular formula is C20H23NO3S. The van der Waals surface area contributed by atoms with Gasteiger partial charge in [-0.15, -0.1) is 11.8 Å². The van der Waals surface area contributed by atoms with Crippen molar-refractivity contribution < 1.29 is 14.3 Å². The van der Waals surface area contributed by atoms with Crippen LogP contribution < -0.4 is 14.8 Å². The molecule has 0 bridgehead atoms. The molecule has 3 rings (SSSR count). The van der Waals surface area contributed by atoms with Gasteiger partial charge >= 0.3 is 0 Å². The van der Waals surface area contributed by atoms with Gasteiger partial charge in [-0.2, -0.15) is 0 Å². The number of carbonyl (C=O) groups is 1. The Labute approximate surface area is 152 Å². The first kappa shape index (κ1) is 17.7. The van der Waals surface area contributed by atoms with E-state index < -0.39 is 0 Å². The second kappa shape index (κ2) is 8.30. The van der Waals surface area contributed by atoms with Gasteiger partial charge in [0.2, 0.25) is 5.91 Å². The SMILES string of the molecule is CC(C)[C@H](NC(=O)CSc1ccccc1)c1ccc2c(c1)OCCO2. The molecule has 1 amide bonds. The van der Waals surface area contributed by atoms with Gasteiger partial charge in [-0.1, -0.05) is 38.1 Å². The van der Waals surface area contributed by atoms with Crippen LogP contribution in [0.25, 0.3) is 0 Å². The summed E-state index contributed by atoms with van der Waals surface area (Å²) in [5.74, 6) is 2.22. The summed E-state index contributed by atoms with van der Waals surface area (Å²) in [6, 6.07) is 15.8. The second-order valence-corrected chi connectivity index (χ2v) is 7.34. The highest BCUT2D eigenvalue weighted by Crippen LogP contribution is 2.34. The number of amides is 1. The lowest BCUT2D eigenvalue weighted by atomic mass is 9.95. The number of thioether (sulfide) groups is 1. The van der Waals surface area contributed by atoms with Gasteiger partial charge in [0.25, 0.3) is 0 Å². The molecule has 25 heavy (non-hydrogen) atoms. The molecule has 1 aliphatic rings. The van der Waals surface area contributed by atoms with Crippen molar-refractivity contribution in [3.63, 3.8) is 0 Å². The minimum atomic E-state index is -0.0558. The zero-order valence-corrected chi connectivity index (χ0v) is 15.3. The first-order valence-electron chi connectivity index (χ1n) is 8.50. The lowest BCUT2D eigenvalue weighted by molar-refractivity contribution is -0.119. The molecule has 2 aromatic rings. The monoisotopic (exact) mass is 357 g/mol. The summed E-state index contributed by atoms with van der Waals surface area (Å²) >= 11 is 1.54. The third-order valence-electron chi connectivity index (χ3n) is 4.02. The van der Waals surface area contributed by atoms with Gasteiger partial charge in [0.15, 0.2) is 11.5 Å². The maximum atomic E-state index is 12.4. The molecule has 4 nitrogen and oxygen atoms in total. The lowest BCUT2D eigenvalue weighted by Gasteiger charge is -2.25. The van der Waals surface area contributed by atoms with Gasteiger partial charge in [-0.05, 0) is 35.7 Å². The molecule has 5 heteroatoms. The topological polar surface area (TPSA) is 47.6 Å². The fourth-order valence-electron chi connectivity index (χ4n) is 2.77. The molecule has 1 atom stereocenters. The summed E-state index contributed by atoms with van der Waals surface area (Å²) < 4.78 is 11.2. The fourth-order valence-corrected chi connectivity index (χ4v) is 3.50. The van der Waals surface area contributed by atoms with Gasteiger partial charge < -0.3 is 14.8 Å². The van der Waals surface area contributed by atoms with Crippen LogP contribution in [0.4, 0.5) is 0 Å².